The Kier molecular flexibility index (Phi) is 6.55. The van der Waals surface area contributed by atoms with E-state index >= 15 is 0 Å². The number of rotatable bonds is 6. The molecule has 2 aromatic rings. The van der Waals surface area contributed by atoms with Crippen LogP contribution in [0.15, 0.2) is 35.4 Å². The minimum absolute atomic E-state index is 0.178. The summed E-state index contributed by atoms with van der Waals surface area (Å²) in [6.07, 6.45) is 2.19. The SMILES string of the molecule is COc1ccc(-c2ccc(SCC(=O)N3CCC(C)CC3)nn2)cc1OC. The lowest BCUT2D eigenvalue weighted by molar-refractivity contribution is -0.129. The Labute approximate surface area is 164 Å². The highest BCUT2D eigenvalue weighted by Gasteiger charge is 2.20. The number of piperidine rings is 1. The minimum Gasteiger partial charge on any atom is -0.493 e. The van der Waals surface area contributed by atoms with Gasteiger partial charge in [0.25, 0.3) is 0 Å². The van der Waals surface area contributed by atoms with E-state index in [1.165, 1.54) is 11.8 Å². The summed E-state index contributed by atoms with van der Waals surface area (Å²) in [7, 11) is 3.21. The van der Waals surface area contributed by atoms with Crippen LogP contribution in [-0.4, -0.2) is 54.1 Å². The quantitative estimate of drug-likeness (QED) is 0.707. The largest absolute Gasteiger partial charge is 0.493 e. The fourth-order valence-corrected chi connectivity index (χ4v) is 3.75. The van der Waals surface area contributed by atoms with Crippen LogP contribution < -0.4 is 9.47 Å². The van der Waals surface area contributed by atoms with Crippen molar-refractivity contribution in [3.63, 3.8) is 0 Å². The van der Waals surface area contributed by atoms with Crippen molar-refractivity contribution in [3.8, 4) is 22.8 Å². The number of thioether (sulfide) groups is 1. The molecule has 7 heteroatoms. The third-order valence-electron chi connectivity index (χ3n) is 4.80. The zero-order valence-electron chi connectivity index (χ0n) is 16.0. The molecule has 1 aromatic carbocycles. The smallest absolute Gasteiger partial charge is 0.232 e. The molecule has 1 saturated heterocycles. The first-order chi connectivity index (χ1) is 13.1. The summed E-state index contributed by atoms with van der Waals surface area (Å²) in [5, 5.41) is 9.29. The number of ether oxygens (including phenoxy) is 2. The monoisotopic (exact) mass is 387 g/mol. The highest BCUT2D eigenvalue weighted by Crippen LogP contribution is 2.31. The summed E-state index contributed by atoms with van der Waals surface area (Å²) < 4.78 is 10.6. The summed E-state index contributed by atoms with van der Waals surface area (Å²) in [5.74, 6) is 2.62. The molecule has 6 nitrogen and oxygen atoms in total. The molecule has 1 aliphatic rings. The molecule has 1 aromatic heterocycles. The Morgan fingerprint density at radius 2 is 1.85 bits per heavy atom. The Balaban J connectivity index is 1.59. The Hall–Kier alpha value is -2.28. The normalized spacial score (nSPS) is 14.9. The van der Waals surface area contributed by atoms with Gasteiger partial charge in [-0.15, -0.1) is 10.2 Å². The van der Waals surface area contributed by atoms with Gasteiger partial charge < -0.3 is 14.4 Å². The van der Waals surface area contributed by atoms with Gasteiger partial charge in [0, 0.05) is 18.7 Å². The molecule has 2 heterocycles. The summed E-state index contributed by atoms with van der Waals surface area (Å²) in [5.41, 5.74) is 1.65. The second kappa shape index (κ2) is 9.08. The maximum Gasteiger partial charge on any atom is 0.232 e. The standard InChI is InChI=1S/C20H25N3O3S/c1-14-8-10-23(11-9-14)20(24)13-27-19-7-5-16(21-22-19)15-4-6-17(25-2)18(12-15)26-3/h4-7,12,14H,8-11,13H2,1-3H3. The molecule has 27 heavy (non-hydrogen) atoms. The molecule has 0 N–H and O–H groups in total. The highest BCUT2D eigenvalue weighted by molar-refractivity contribution is 7.99. The zero-order chi connectivity index (χ0) is 19.2. The van der Waals surface area contributed by atoms with E-state index in [0.29, 0.717) is 17.3 Å². The van der Waals surface area contributed by atoms with Crippen LogP contribution in [0, 0.1) is 5.92 Å². The van der Waals surface area contributed by atoms with Gasteiger partial charge in [-0.05, 0) is 49.1 Å². The van der Waals surface area contributed by atoms with Crippen molar-refractivity contribution < 1.29 is 14.3 Å². The number of hydrogen-bond acceptors (Lipinski definition) is 6. The Morgan fingerprint density at radius 1 is 1.11 bits per heavy atom. The van der Waals surface area contributed by atoms with Gasteiger partial charge in [0.05, 0.1) is 25.7 Å². The molecule has 0 atom stereocenters. The Morgan fingerprint density at radius 3 is 2.48 bits per heavy atom. The summed E-state index contributed by atoms with van der Waals surface area (Å²) in [4.78, 5) is 14.3. The van der Waals surface area contributed by atoms with Crippen LogP contribution in [0.1, 0.15) is 19.8 Å². The van der Waals surface area contributed by atoms with Gasteiger partial charge in [0.15, 0.2) is 11.5 Å². The number of aromatic nitrogens is 2. The maximum atomic E-state index is 12.3. The number of nitrogens with zero attached hydrogens (tertiary/aromatic N) is 3. The molecular weight excluding hydrogens is 362 g/mol. The predicted molar refractivity (Wildman–Crippen MR) is 106 cm³/mol. The van der Waals surface area contributed by atoms with Gasteiger partial charge in [0.2, 0.25) is 5.91 Å². The van der Waals surface area contributed by atoms with Crippen LogP contribution in [-0.2, 0) is 4.79 Å². The topological polar surface area (TPSA) is 64.5 Å². The first-order valence-corrected chi connectivity index (χ1v) is 10.1. The number of hydrogen-bond donors (Lipinski definition) is 0. The third kappa shape index (κ3) is 4.91. The van der Waals surface area contributed by atoms with Crippen molar-refractivity contribution in [2.24, 2.45) is 5.92 Å². The molecule has 0 unspecified atom stereocenters. The van der Waals surface area contributed by atoms with Crippen molar-refractivity contribution >= 4 is 17.7 Å². The molecule has 1 amide bonds. The van der Waals surface area contributed by atoms with Crippen molar-refractivity contribution in [2.45, 2.75) is 24.8 Å². The number of methoxy groups -OCH3 is 2. The molecule has 0 spiro atoms. The first kappa shape index (κ1) is 19.5. The second-order valence-corrected chi connectivity index (χ2v) is 7.67. The molecule has 3 rings (SSSR count). The lowest BCUT2D eigenvalue weighted by atomic mass is 9.99. The number of carbonyl (C=O) groups excluding carboxylic acids is 1. The highest BCUT2D eigenvalue weighted by atomic mass is 32.2. The Bertz CT molecular complexity index is 775. The number of likely N-dealkylation sites (tertiary alicyclic amines) is 1. The fraction of sp³-hybridized carbons (Fsp3) is 0.450. The van der Waals surface area contributed by atoms with Crippen LogP contribution in [0.25, 0.3) is 11.3 Å². The third-order valence-corrected chi connectivity index (χ3v) is 5.70. The van der Waals surface area contributed by atoms with Gasteiger partial charge in [0.1, 0.15) is 5.03 Å². The van der Waals surface area contributed by atoms with E-state index in [-0.39, 0.29) is 5.91 Å². The molecule has 0 bridgehead atoms. The lowest BCUT2D eigenvalue weighted by Gasteiger charge is -2.30. The summed E-state index contributed by atoms with van der Waals surface area (Å²) in [6, 6.07) is 9.44. The fourth-order valence-electron chi connectivity index (χ4n) is 3.03. The summed E-state index contributed by atoms with van der Waals surface area (Å²) >= 11 is 1.43. The van der Waals surface area contributed by atoms with Crippen LogP contribution in [0.5, 0.6) is 11.5 Å². The van der Waals surface area contributed by atoms with Crippen LogP contribution in [0.3, 0.4) is 0 Å². The van der Waals surface area contributed by atoms with Crippen LogP contribution in [0.4, 0.5) is 0 Å². The molecule has 1 fully saturated rings. The van der Waals surface area contributed by atoms with Gasteiger partial charge in [-0.25, -0.2) is 0 Å². The van der Waals surface area contributed by atoms with E-state index < -0.39 is 0 Å². The lowest BCUT2D eigenvalue weighted by Crippen LogP contribution is -2.38. The zero-order valence-corrected chi connectivity index (χ0v) is 16.8. The number of benzene rings is 1. The maximum absolute atomic E-state index is 12.3. The first-order valence-electron chi connectivity index (χ1n) is 9.07. The average molecular weight is 388 g/mol. The second-order valence-electron chi connectivity index (χ2n) is 6.68. The molecular formula is C20H25N3O3S. The van der Waals surface area contributed by atoms with E-state index in [2.05, 4.69) is 17.1 Å². The average Bonchev–Trinajstić information content (AvgIpc) is 2.72. The number of amides is 1. The summed E-state index contributed by atoms with van der Waals surface area (Å²) in [6.45, 7) is 3.97. The van der Waals surface area contributed by atoms with E-state index in [9.17, 15) is 4.79 Å². The molecule has 1 aliphatic heterocycles. The predicted octanol–water partition coefficient (Wildman–Crippen LogP) is 3.51. The minimum atomic E-state index is 0.178. The van der Waals surface area contributed by atoms with Gasteiger partial charge in [-0.1, -0.05) is 18.7 Å². The van der Waals surface area contributed by atoms with Gasteiger partial charge >= 0.3 is 0 Å². The van der Waals surface area contributed by atoms with E-state index in [1.807, 2.05) is 35.2 Å². The van der Waals surface area contributed by atoms with Crippen molar-refractivity contribution in [3.05, 3.63) is 30.3 Å². The van der Waals surface area contributed by atoms with Crippen molar-refractivity contribution in [2.75, 3.05) is 33.1 Å². The van der Waals surface area contributed by atoms with Crippen molar-refractivity contribution in [1.82, 2.24) is 15.1 Å². The van der Waals surface area contributed by atoms with E-state index in [1.54, 1.807) is 14.2 Å². The van der Waals surface area contributed by atoms with E-state index in [0.717, 1.165) is 48.1 Å². The van der Waals surface area contributed by atoms with Crippen LogP contribution in [0.2, 0.25) is 0 Å². The van der Waals surface area contributed by atoms with Crippen LogP contribution >= 0.6 is 11.8 Å². The molecule has 0 radical (unpaired) electrons. The van der Waals surface area contributed by atoms with E-state index in [4.69, 9.17) is 9.47 Å². The van der Waals surface area contributed by atoms with Crippen molar-refractivity contribution in [1.29, 1.82) is 0 Å². The number of carbonyl (C=O) groups is 1. The molecule has 0 aliphatic carbocycles. The van der Waals surface area contributed by atoms with Gasteiger partial charge in [-0.3, -0.25) is 4.79 Å². The van der Waals surface area contributed by atoms with Gasteiger partial charge in [-0.2, -0.15) is 0 Å². The molecule has 0 saturated carbocycles. The molecule has 144 valence electrons.